The Labute approximate surface area is 159 Å². The first-order chi connectivity index (χ1) is 13.0. The molecule has 0 unspecified atom stereocenters. The molecule has 1 aromatic carbocycles. The van der Waals surface area contributed by atoms with Gasteiger partial charge < -0.3 is 19.5 Å². The van der Waals surface area contributed by atoms with Crippen molar-refractivity contribution in [2.45, 2.75) is 20.0 Å². The fraction of sp³-hybridized carbons (Fsp3) is 0.471. The highest BCUT2D eigenvalue weighted by Crippen LogP contribution is 2.28. The summed E-state index contributed by atoms with van der Waals surface area (Å²) >= 11 is 0. The second kappa shape index (κ2) is 10.4. The van der Waals surface area contributed by atoms with Crippen LogP contribution in [0.15, 0.2) is 18.2 Å². The number of ether oxygens (including phenoxy) is 3. The van der Waals surface area contributed by atoms with Crippen LogP contribution in [-0.4, -0.2) is 51.0 Å². The molecule has 0 aliphatic heterocycles. The van der Waals surface area contributed by atoms with Gasteiger partial charge in [0.25, 0.3) is 5.91 Å². The summed E-state index contributed by atoms with van der Waals surface area (Å²) in [5.41, 5.74) is 0.0584. The molecule has 0 saturated carbocycles. The molecule has 0 fully saturated rings. The van der Waals surface area contributed by atoms with Crippen molar-refractivity contribution in [3.63, 3.8) is 0 Å². The van der Waals surface area contributed by atoms with E-state index in [2.05, 4.69) is 0 Å². The molecule has 0 radical (unpaired) electrons. The minimum absolute atomic E-state index is 0.0584. The number of carbonyl (C=O) groups is 3. The monoisotopic (exact) mass is 406 g/mol. The summed E-state index contributed by atoms with van der Waals surface area (Å²) in [6.45, 7) is 1.92. The number of amides is 3. The van der Waals surface area contributed by atoms with Crippen molar-refractivity contribution in [3.8, 4) is 11.5 Å². The van der Waals surface area contributed by atoms with Crippen LogP contribution in [-0.2, 0) is 9.53 Å². The summed E-state index contributed by atoms with van der Waals surface area (Å²) in [5, 5.41) is 3.05. The van der Waals surface area contributed by atoms with Gasteiger partial charge >= 0.3 is 18.2 Å². The number of esters is 1. The molecule has 0 aliphatic carbocycles. The lowest BCUT2D eigenvalue weighted by atomic mass is 10.2. The van der Waals surface area contributed by atoms with Crippen LogP contribution >= 0.6 is 0 Å². The molecule has 156 valence electrons. The Balaban J connectivity index is 2.56. The first kappa shape index (κ1) is 23.1. The quantitative estimate of drug-likeness (QED) is 0.642. The van der Waals surface area contributed by atoms with Gasteiger partial charge in [-0.25, -0.2) is 9.59 Å². The lowest BCUT2D eigenvalue weighted by Crippen LogP contribution is -2.44. The first-order valence-corrected chi connectivity index (χ1v) is 8.14. The van der Waals surface area contributed by atoms with Crippen LogP contribution in [0.2, 0.25) is 0 Å². The van der Waals surface area contributed by atoms with E-state index in [1.807, 2.05) is 13.8 Å². The molecule has 0 bridgehead atoms. The van der Waals surface area contributed by atoms with E-state index >= 15 is 0 Å². The minimum atomic E-state index is -4.61. The molecule has 2 N–H and O–H groups in total. The molecule has 8 nitrogen and oxygen atoms in total. The third-order valence-electron chi connectivity index (χ3n) is 3.01. The van der Waals surface area contributed by atoms with Crippen LogP contribution in [0.4, 0.5) is 18.0 Å². The molecule has 11 heteroatoms. The molecule has 0 aliphatic rings. The van der Waals surface area contributed by atoms with Crippen molar-refractivity contribution < 1.29 is 41.8 Å². The molecular weight excluding hydrogens is 385 g/mol. The maximum Gasteiger partial charge on any atom is 0.405 e. The van der Waals surface area contributed by atoms with Crippen molar-refractivity contribution in [1.82, 2.24) is 10.6 Å². The predicted octanol–water partition coefficient (Wildman–Crippen LogP) is 2.27. The molecule has 0 aromatic heterocycles. The number of methoxy groups -OCH3 is 1. The Morgan fingerprint density at radius 1 is 1.14 bits per heavy atom. The smallest absolute Gasteiger partial charge is 0.405 e. The average molecular weight is 406 g/mol. The third-order valence-corrected chi connectivity index (χ3v) is 3.01. The lowest BCUT2D eigenvalue weighted by molar-refractivity contribution is -0.125. The number of halogens is 3. The normalized spacial score (nSPS) is 11.0. The first-order valence-electron chi connectivity index (χ1n) is 8.14. The largest absolute Gasteiger partial charge is 0.493 e. The number of alkyl halides is 3. The fourth-order valence-corrected chi connectivity index (χ4v) is 1.77. The topological polar surface area (TPSA) is 103 Å². The van der Waals surface area contributed by atoms with Crippen molar-refractivity contribution in [2.24, 2.45) is 5.92 Å². The number of hydrogen-bond donors (Lipinski definition) is 2. The maximum atomic E-state index is 12.0. The van der Waals surface area contributed by atoms with E-state index in [-0.39, 0.29) is 17.2 Å². The van der Waals surface area contributed by atoms with E-state index in [0.29, 0.717) is 12.4 Å². The average Bonchev–Trinajstić information content (AvgIpc) is 2.62. The van der Waals surface area contributed by atoms with Gasteiger partial charge in [-0.15, -0.1) is 0 Å². The Hall–Kier alpha value is -2.98. The standard InChI is InChI=1S/C17H21F3N2O6/c1-10(2)7-27-12-5-4-11(6-13(12)26-3)15(24)28-8-14(23)22-16(25)21-9-17(18,19)20/h4-6,10H,7-9H2,1-3H3,(H2,21,22,23,25). The molecule has 0 atom stereocenters. The second-order valence-electron chi connectivity index (χ2n) is 5.99. The Kier molecular flexibility index (Phi) is 8.55. The van der Waals surface area contributed by atoms with Crippen molar-refractivity contribution in [3.05, 3.63) is 23.8 Å². The molecule has 0 saturated heterocycles. The highest BCUT2D eigenvalue weighted by atomic mass is 19.4. The van der Waals surface area contributed by atoms with E-state index < -0.39 is 37.2 Å². The maximum absolute atomic E-state index is 12.0. The number of benzene rings is 1. The predicted molar refractivity (Wildman–Crippen MR) is 91.2 cm³/mol. The molecule has 1 aromatic rings. The summed E-state index contributed by atoms with van der Waals surface area (Å²) in [6.07, 6.45) is -4.61. The second-order valence-corrected chi connectivity index (χ2v) is 5.99. The van der Waals surface area contributed by atoms with E-state index in [4.69, 9.17) is 14.2 Å². The number of carbonyl (C=O) groups excluding carboxylic acids is 3. The van der Waals surface area contributed by atoms with Gasteiger partial charge in [0, 0.05) is 0 Å². The SMILES string of the molecule is COc1cc(C(=O)OCC(=O)NC(=O)NCC(F)(F)F)ccc1OCC(C)C. The third kappa shape index (κ3) is 8.60. The number of hydrogen-bond acceptors (Lipinski definition) is 6. The molecule has 1 rings (SSSR count). The molecule has 3 amide bonds. The van der Waals surface area contributed by atoms with Gasteiger partial charge in [0.1, 0.15) is 6.54 Å². The highest BCUT2D eigenvalue weighted by Gasteiger charge is 2.28. The van der Waals surface area contributed by atoms with Crippen molar-refractivity contribution in [1.29, 1.82) is 0 Å². The van der Waals surface area contributed by atoms with Crippen LogP contribution < -0.4 is 20.1 Å². The van der Waals surface area contributed by atoms with Crippen LogP contribution in [0.3, 0.4) is 0 Å². The Morgan fingerprint density at radius 2 is 1.82 bits per heavy atom. The van der Waals surface area contributed by atoms with E-state index in [9.17, 15) is 27.6 Å². The van der Waals surface area contributed by atoms with Gasteiger partial charge in [-0.2, -0.15) is 13.2 Å². The van der Waals surface area contributed by atoms with Gasteiger partial charge in [0.15, 0.2) is 18.1 Å². The zero-order valence-electron chi connectivity index (χ0n) is 15.5. The van der Waals surface area contributed by atoms with Gasteiger partial charge in [-0.3, -0.25) is 10.1 Å². The van der Waals surface area contributed by atoms with Crippen molar-refractivity contribution in [2.75, 3.05) is 26.9 Å². The Morgan fingerprint density at radius 3 is 2.39 bits per heavy atom. The van der Waals surface area contributed by atoms with E-state index in [0.717, 1.165) is 0 Å². The van der Waals surface area contributed by atoms with Gasteiger partial charge in [-0.05, 0) is 24.1 Å². The minimum Gasteiger partial charge on any atom is -0.493 e. The highest BCUT2D eigenvalue weighted by molar-refractivity contribution is 5.97. The number of urea groups is 1. The molecule has 0 spiro atoms. The summed E-state index contributed by atoms with van der Waals surface area (Å²) in [5.74, 6) is -0.990. The summed E-state index contributed by atoms with van der Waals surface area (Å²) in [6, 6.07) is 2.90. The van der Waals surface area contributed by atoms with Gasteiger partial charge in [-0.1, -0.05) is 13.8 Å². The zero-order chi connectivity index (χ0) is 21.3. The number of imide groups is 1. The summed E-state index contributed by atoms with van der Waals surface area (Å²) in [7, 11) is 1.39. The molecule has 0 heterocycles. The zero-order valence-corrected chi connectivity index (χ0v) is 15.5. The molecule has 28 heavy (non-hydrogen) atoms. The van der Waals surface area contributed by atoms with Gasteiger partial charge in [0.05, 0.1) is 19.3 Å². The van der Waals surface area contributed by atoms with E-state index in [1.54, 1.807) is 5.32 Å². The van der Waals surface area contributed by atoms with E-state index in [1.165, 1.54) is 30.6 Å². The number of rotatable bonds is 8. The Bertz CT molecular complexity index is 707. The summed E-state index contributed by atoms with van der Waals surface area (Å²) < 4.78 is 51.3. The lowest BCUT2D eigenvalue weighted by Gasteiger charge is -2.13. The molecular formula is C17H21F3N2O6. The summed E-state index contributed by atoms with van der Waals surface area (Å²) in [4.78, 5) is 34.6. The van der Waals surface area contributed by atoms with Crippen LogP contribution in [0.25, 0.3) is 0 Å². The fourth-order valence-electron chi connectivity index (χ4n) is 1.77. The van der Waals surface area contributed by atoms with Gasteiger partial charge in [0.2, 0.25) is 0 Å². The number of nitrogens with one attached hydrogen (secondary N) is 2. The van der Waals surface area contributed by atoms with Crippen LogP contribution in [0.5, 0.6) is 11.5 Å². The van der Waals surface area contributed by atoms with Crippen LogP contribution in [0, 0.1) is 5.92 Å². The van der Waals surface area contributed by atoms with Crippen LogP contribution in [0.1, 0.15) is 24.2 Å². The van der Waals surface area contributed by atoms with Crippen molar-refractivity contribution >= 4 is 17.9 Å².